The third-order valence-corrected chi connectivity index (χ3v) is 5.46. The SMILES string of the molecule is Cc1ccc(C2(C)NC(=O)N(Cc3ccc(Br)s3)C2=O)cc1. The van der Waals surface area contributed by atoms with Crippen LogP contribution in [0.1, 0.15) is 22.9 Å². The van der Waals surface area contributed by atoms with Gasteiger partial charge in [0.25, 0.3) is 5.91 Å². The van der Waals surface area contributed by atoms with Gasteiger partial charge in [-0.2, -0.15) is 0 Å². The topological polar surface area (TPSA) is 49.4 Å². The second kappa shape index (κ2) is 5.52. The van der Waals surface area contributed by atoms with Crippen molar-refractivity contribution in [3.8, 4) is 0 Å². The number of carbonyl (C=O) groups excluding carboxylic acids is 2. The summed E-state index contributed by atoms with van der Waals surface area (Å²) in [6.45, 7) is 4.03. The van der Waals surface area contributed by atoms with Crippen LogP contribution in [0, 0.1) is 6.92 Å². The van der Waals surface area contributed by atoms with Crippen LogP contribution in [0.15, 0.2) is 40.2 Å². The van der Waals surface area contributed by atoms with Crippen LogP contribution in [0.2, 0.25) is 0 Å². The number of hydrogen-bond donors (Lipinski definition) is 1. The zero-order valence-electron chi connectivity index (χ0n) is 12.2. The lowest BCUT2D eigenvalue weighted by molar-refractivity contribution is -0.131. The number of imide groups is 1. The van der Waals surface area contributed by atoms with Crippen LogP contribution in [0.25, 0.3) is 0 Å². The van der Waals surface area contributed by atoms with E-state index in [1.165, 1.54) is 16.2 Å². The molecule has 114 valence electrons. The van der Waals surface area contributed by atoms with Crippen molar-refractivity contribution in [3.63, 3.8) is 0 Å². The minimum Gasteiger partial charge on any atom is -0.319 e. The molecule has 1 unspecified atom stereocenters. The molecular formula is C16H15BrN2O2S. The van der Waals surface area contributed by atoms with Crippen molar-refractivity contribution in [2.45, 2.75) is 25.9 Å². The summed E-state index contributed by atoms with van der Waals surface area (Å²) in [7, 11) is 0. The molecule has 3 rings (SSSR count). The monoisotopic (exact) mass is 378 g/mol. The Balaban J connectivity index is 1.88. The molecule has 1 atom stereocenters. The average molecular weight is 379 g/mol. The zero-order chi connectivity index (χ0) is 15.9. The molecule has 0 radical (unpaired) electrons. The molecule has 1 aromatic carbocycles. The Labute approximate surface area is 141 Å². The average Bonchev–Trinajstić information content (AvgIpc) is 2.97. The van der Waals surface area contributed by atoms with Gasteiger partial charge in [-0.1, -0.05) is 29.8 Å². The molecule has 1 saturated heterocycles. The van der Waals surface area contributed by atoms with Crippen molar-refractivity contribution in [2.24, 2.45) is 0 Å². The molecule has 2 aromatic rings. The molecule has 1 aliphatic rings. The summed E-state index contributed by atoms with van der Waals surface area (Å²) in [6, 6.07) is 11.1. The molecule has 1 aromatic heterocycles. The standard InChI is InChI=1S/C16H15BrN2O2S/c1-10-3-5-11(6-4-10)16(2)14(20)19(15(21)18-16)9-12-7-8-13(17)22-12/h3-8H,9H2,1-2H3,(H,18,21). The summed E-state index contributed by atoms with van der Waals surface area (Å²) < 4.78 is 0.982. The molecule has 3 amide bonds. The van der Waals surface area contributed by atoms with Crippen LogP contribution in [0.4, 0.5) is 4.79 Å². The molecule has 0 bridgehead atoms. The second-order valence-electron chi connectivity index (χ2n) is 5.52. The van der Waals surface area contributed by atoms with Gasteiger partial charge in [0, 0.05) is 4.88 Å². The number of nitrogens with one attached hydrogen (secondary N) is 1. The molecule has 0 aliphatic carbocycles. The molecule has 1 fully saturated rings. The van der Waals surface area contributed by atoms with E-state index in [1.54, 1.807) is 6.92 Å². The zero-order valence-corrected chi connectivity index (χ0v) is 14.6. The molecule has 0 saturated carbocycles. The first-order chi connectivity index (χ1) is 10.4. The van der Waals surface area contributed by atoms with E-state index in [-0.39, 0.29) is 11.9 Å². The largest absolute Gasteiger partial charge is 0.325 e. The first-order valence-electron chi connectivity index (χ1n) is 6.85. The third kappa shape index (κ3) is 2.57. The van der Waals surface area contributed by atoms with Crippen LogP contribution in [-0.4, -0.2) is 16.8 Å². The van der Waals surface area contributed by atoms with Crippen molar-refractivity contribution >= 4 is 39.2 Å². The number of hydrogen-bond acceptors (Lipinski definition) is 3. The smallest absolute Gasteiger partial charge is 0.319 e. The summed E-state index contributed by atoms with van der Waals surface area (Å²) in [5, 5.41) is 2.82. The van der Waals surface area contributed by atoms with Gasteiger partial charge >= 0.3 is 6.03 Å². The van der Waals surface area contributed by atoms with Crippen molar-refractivity contribution < 1.29 is 9.59 Å². The van der Waals surface area contributed by atoms with Gasteiger partial charge in [0.1, 0.15) is 5.54 Å². The van der Waals surface area contributed by atoms with Gasteiger partial charge in [0.2, 0.25) is 0 Å². The van der Waals surface area contributed by atoms with Gasteiger partial charge in [-0.15, -0.1) is 11.3 Å². The highest BCUT2D eigenvalue weighted by atomic mass is 79.9. The maximum Gasteiger partial charge on any atom is 0.325 e. The molecule has 1 aliphatic heterocycles. The van der Waals surface area contributed by atoms with Gasteiger partial charge in [-0.05, 0) is 47.5 Å². The summed E-state index contributed by atoms with van der Waals surface area (Å²) in [4.78, 5) is 27.2. The number of rotatable bonds is 3. The Kier molecular flexibility index (Phi) is 3.82. The Morgan fingerprint density at radius 3 is 2.45 bits per heavy atom. The Morgan fingerprint density at radius 2 is 1.86 bits per heavy atom. The first kappa shape index (κ1) is 15.2. The number of carbonyl (C=O) groups is 2. The highest BCUT2D eigenvalue weighted by Crippen LogP contribution is 2.31. The summed E-state index contributed by atoms with van der Waals surface area (Å²) in [6.07, 6.45) is 0. The molecule has 6 heteroatoms. The van der Waals surface area contributed by atoms with E-state index in [0.29, 0.717) is 6.54 Å². The van der Waals surface area contributed by atoms with E-state index in [0.717, 1.165) is 19.8 Å². The lowest BCUT2D eigenvalue weighted by atomic mass is 9.91. The van der Waals surface area contributed by atoms with Crippen LogP contribution >= 0.6 is 27.3 Å². The minimum atomic E-state index is -1.00. The fourth-order valence-electron chi connectivity index (χ4n) is 2.52. The van der Waals surface area contributed by atoms with Crippen molar-refractivity contribution in [1.82, 2.24) is 10.2 Å². The van der Waals surface area contributed by atoms with Crippen molar-refractivity contribution in [3.05, 3.63) is 56.2 Å². The van der Waals surface area contributed by atoms with Gasteiger partial charge in [-0.25, -0.2) is 4.79 Å². The predicted octanol–water partition coefficient (Wildman–Crippen LogP) is 3.79. The van der Waals surface area contributed by atoms with Crippen molar-refractivity contribution in [1.29, 1.82) is 0 Å². The van der Waals surface area contributed by atoms with Crippen LogP contribution in [0.3, 0.4) is 0 Å². The van der Waals surface area contributed by atoms with E-state index in [9.17, 15) is 9.59 Å². The molecule has 4 nitrogen and oxygen atoms in total. The number of nitrogens with zero attached hydrogens (tertiary/aromatic N) is 1. The molecular weight excluding hydrogens is 364 g/mol. The fourth-order valence-corrected chi connectivity index (χ4v) is 3.99. The number of urea groups is 1. The van der Waals surface area contributed by atoms with Crippen molar-refractivity contribution in [2.75, 3.05) is 0 Å². The maximum atomic E-state index is 12.8. The molecule has 22 heavy (non-hydrogen) atoms. The Hall–Kier alpha value is -1.66. The lowest BCUT2D eigenvalue weighted by Crippen LogP contribution is -2.40. The number of halogens is 1. The molecule has 2 heterocycles. The number of thiophene rings is 1. The quantitative estimate of drug-likeness (QED) is 0.825. The first-order valence-corrected chi connectivity index (χ1v) is 8.46. The Morgan fingerprint density at radius 1 is 1.18 bits per heavy atom. The van der Waals surface area contributed by atoms with E-state index < -0.39 is 5.54 Å². The van der Waals surface area contributed by atoms with E-state index in [1.807, 2.05) is 43.3 Å². The highest BCUT2D eigenvalue weighted by molar-refractivity contribution is 9.11. The normalized spacial score (nSPS) is 21.3. The summed E-state index contributed by atoms with van der Waals surface area (Å²) in [5.74, 6) is -0.217. The van der Waals surface area contributed by atoms with Crippen LogP contribution in [0.5, 0.6) is 0 Å². The van der Waals surface area contributed by atoms with Gasteiger partial charge in [0.05, 0.1) is 10.3 Å². The van der Waals surface area contributed by atoms with E-state index in [4.69, 9.17) is 0 Å². The number of aryl methyl sites for hydroxylation is 1. The van der Waals surface area contributed by atoms with E-state index >= 15 is 0 Å². The molecule has 0 spiro atoms. The lowest BCUT2D eigenvalue weighted by Gasteiger charge is -2.22. The number of benzene rings is 1. The second-order valence-corrected chi connectivity index (χ2v) is 8.07. The van der Waals surface area contributed by atoms with Gasteiger partial charge < -0.3 is 5.32 Å². The van der Waals surface area contributed by atoms with Crippen LogP contribution in [-0.2, 0) is 16.9 Å². The van der Waals surface area contributed by atoms with E-state index in [2.05, 4.69) is 21.2 Å². The van der Waals surface area contributed by atoms with Gasteiger partial charge in [-0.3, -0.25) is 9.69 Å². The summed E-state index contributed by atoms with van der Waals surface area (Å²) >= 11 is 4.91. The summed E-state index contributed by atoms with van der Waals surface area (Å²) in [5.41, 5.74) is 0.912. The van der Waals surface area contributed by atoms with Gasteiger partial charge in [0.15, 0.2) is 0 Å². The number of amides is 3. The van der Waals surface area contributed by atoms with Crippen LogP contribution < -0.4 is 5.32 Å². The molecule has 1 N–H and O–H groups in total. The highest BCUT2D eigenvalue weighted by Gasteiger charge is 2.48. The predicted molar refractivity (Wildman–Crippen MR) is 89.6 cm³/mol. The Bertz CT molecular complexity index is 741. The minimum absolute atomic E-state index is 0.217. The maximum absolute atomic E-state index is 12.8. The third-order valence-electron chi connectivity index (χ3n) is 3.85. The fraction of sp³-hybridized carbons (Fsp3) is 0.250.